The van der Waals surface area contributed by atoms with Gasteiger partial charge in [-0.1, -0.05) is 17.7 Å². The van der Waals surface area contributed by atoms with Gasteiger partial charge in [0, 0.05) is 18.3 Å². The monoisotopic (exact) mass is 316 g/mol. The van der Waals surface area contributed by atoms with E-state index in [0.29, 0.717) is 18.1 Å². The number of nitrogens with zero attached hydrogens (tertiary/aromatic N) is 1. The van der Waals surface area contributed by atoms with Crippen LogP contribution in [-0.4, -0.2) is 12.1 Å². The van der Waals surface area contributed by atoms with Crippen LogP contribution in [-0.2, 0) is 12.7 Å². The molecule has 0 aliphatic heterocycles. The average Bonchev–Trinajstić information content (AvgIpc) is 2.45. The number of hydrogen-bond acceptors (Lipinski definition) is 3. The van der Waals surface area contributed by atoms with Crippen molar-refractivity contribution < 1.29 is 17.9 Å². The highest BCUT2D eigenvalue weighted by Gasteiger charge is 2.30. The number of pyridine rings is 1. The van der Waals surface area contributed by atoms with Gasteiger partial charge in [0.25, 0.3) is 0 Å². The van der Waals surface area contributed by atoms with E-state index in [0.717, 1.165) is 17.7 Å². The summed E-state index contributed by atoms with van der Waals surface area (Å²) >= 11 is 5.87. The first-order chi connectivity index (χ1) is 9.91. The Bertz CT molecular complexity index is 632. The van der Waals surface area contributed by atoms with Crippen LogP contribution in [0.25, 0.3) is 0 Å². The summed E-state index contributed by atoms with van der Waals surface area (Å²) in [6.07, 6.45) is -2.82. The van der Waals surface area contributed by atoms with Gasteiger partial charge in [0.05, 0.1) is 23.4 Å². The van der Waals surface area contributed by atoms with E-state index in [9.17, 15) is 13.2 Å². The maximum atomic E-state index is 12.5. The minimum absolute atomic E-state index is 0.00711. The second kappa shape index (κ2) is 6.22. The molecule has 0 saturated carbocycles. The van der Waals surface area contributed by atoms with Crippen LogP contribution >= 0.6 is 11.6 Å². The van der Waals surface area contributed by atoms with E-state index in [1.165, 1.54) is 13.2 Å². The minimum Gasteiger partial charge on any atom is -0.481 e. The summed E-state index contributed by atoms with van der Waals surface area (Å²) in [6, 6.07) is 6.72. The Labute approximate surface area is 124 Å². The van der Waals surface area contributed by atoms with Gasteiger partial charge in [0.15, 0.2) is 0 Å². The Morgan fingerprint density at radius 3 is 2.67 bits per heavy atom. The van der Waals surface area contributed by atoms with Crippen molar-refractivity contribution in [2.45, 2.75) is 12.7 Å². The number of anilines is 1. The van der Waals surface area contributed by atoms with Gasteiger partial charge in [-0.25, -0.2) is 4.98 Å². The van der Waals surface area contributed by atoms with Gasteiger partial charge in [0.1, 0.15) is 0 Å². The van der Waals surface area contributed by atoms with Crippen LogP contribution < -0.4 is 10.1 Å². The Hall–Kier alpha value is -1.95. The number of methoxy groups -OCH3 is 1. The minimum atomic E-state index is -4.41. The molecule has 1 heterocycles. The number of hydrogen-bond donors (Lipinski definition) is 1. The Morgan fingerprint density at radius 2 is 2.05 bits per heavy atom. The number of ether oxygens (including phenoxy) is 1. The Balaban J connectivity index is 2.14. The summed E-state index contributed by atoms with van der Waals surface area (Å²) in [5.41, 5.74) is 0.406. The molecule has 0 unspecified atom stereocenters. The van der Waals surface area contributed by atoms with Crippen LogP contribution in [0.4, 0.5) is 18.9 Å². The number of benzene rings is 1. The quantitative estimate of drug-likeness (QED) is 0.909. The summed E-state index contributed by atoms with van der Waals surface area (Å²) in [5, 5.41) is 2.97. The smallest absolute Gasteiger partial charge is 0.416 e. The fourth-order valence-corrected chi connectivity index (χ4v) is 2.02. The van der Waals surface area contributed by atoms with E-state index in [1.807, 2.05) is 0 Å². The summed E-state index contributed by atoms with van der Waals surface area (Å²) < 4.78 is 42.7. The third-order valence-corrected chi connectivity index (χ3v) is 3.12. The topological polar surface area (TPSA) is 34.1 Å². The second-order valence-electron chi connectivity index (χ2n) is 4.22. The van der Waals surface area contributed by atoms with Gasteiger partial charge < -0.3 is 10.1 Å². The standard InChI is InChI=1S/C14H12ClF3N2O/c1-21-13-9(3-2-6-19-13)8-20-12-5-4-10(7-11(12)15)14(16,17)18/h2-7,20H,8H2,1H3. The van der Waals surface area contributed by atoms with Crippen LogP contribution in [0.3, 0.4) is 0 Å². The summed E-state index contributed by atoms with van der Waals surface area (Å²) in [4.78, 5) is 4.03. The van der Waals surface area contributed by atoms with E-state index in [-0.39, 0.29) is 5.02 Å². The molecule has 112 valence electrons. The molecule has 0 fully saturated rings. The molecule has 1 aromatic carbocycles. The number of rotatable bonds is 4. The molecule has 3 nitrogen and oxygen atoms in total. The Morgan fingerprint density at radius 1 is 1.29 bits per heavy atom. The first-order valence-electron chi connectivity index (χ1n) is 6.00. The molecule has 0 amide bonds. The van der Waals surface area contributed by atoms with Gasteiger partial charge >= 0.3 is 6.18 Å². The number of aromatic nitrogens is 1. The molecule has 21 heavy (non-hydrogen) atoms. The van der Waals surface area contributed by atoms with Crippen molar-refractivity contribution in [2.75, 3.05) is 12.4 Å². The van der Waals surface area contributed by atoms with Gasteiger partial charge in [-0.15, -0.1) is 0 Å². The molecular weight excluding hydrogens is 305 g/mol. The predicted octanol–water partition coefficient (Wildman–Crippen LogP) is 4.37. The highest BCUT2D eigenvalue weighted by Crippen LogP contribution is 2.34. The lowest BCUT2D eigenvalue weighted by Gasteiger charge is -2.13. The second-order valence-corrected chi connectivity index (χ2v) is 4.62. The summed E-state index contributed by atoms with van der Waals surface area (Å²) in [7, 11) is 1.50. The maximum Gasteiger partial charge on any atom is 0.416 e. The fourth-order valence-electron chi connectivity index (χ4n) is 1.77. The van der Waals surface area contributed by atoms with Crippen LogP contribution in [0.1, 0.15) is 11.1 Å². The molecule has 0 radical (unpaired) electrons. The zero-order valence-electron chi connectivity index (χ0n) is 11.0. The molecule has 0 saturated heterocycles. The van der Waals surface area contributed by atoms with Gasteiger partial charge in [-0.3, -0.25) is 0 Å². The molecule has 0 aliphatic carbocycles. The normalized spacial score (nSPS) is 11.3. The van der Waals surface area contributed by atoms with Crippen molar-refractivity contribution in [1.82, 2.24) is 4.98 Å². The van der Waals surface area contributed by atoms with Crippen molar-refractivity contribution in [1.29, 1.82) is 0 Å². The van der Waals surface area contributed by atoms with E-state index < -0.39 is 11.7 Å². The van der Waals surface area contributed by atoms with Crippen LogP contribution in [0.15, 0.2) is 36.5 Å². The fraction of sp³-hybridized carbons (Fsp3) is 0.214. The number of nitrogens with one attached hydrogen (secondary N) is 1. The predicted molar refractivity (Wildman–Crippen MR) is 74.6 cm³/mol. The summed E-state index contributed by atoms with van der Waals surface area (Å²) in [5.74, 6) is 0.452. The largest absolute Gasteiger partial charge is 0.481 e. The molecular formula is C14H12ClF3N2O. The highest BCUT2D eigenvalue weighted by atomic mass is 35.5. The number of alkyl halides is 3. The van der Waals surface area contributed by atoms with Crippen molar-refractivity contribution in [3.63, 3.8) is 0 Å². The van der Waals surface area contributed by atoms with E-state index >= 15 is 0 Å². The SMILES string of the molecule is COc1ncccc1CNc1ccc(C(F)(F)F)cc1Cl. The zero-order chi connectivity index (χ0) is 15.5. The van der Waals surface area contributed by atoms with Gasteiger partial charge in [-0.2, -0.15) is 13.2 Å². The maximum absolute atomic E-state index is 12.5. The molecule has 7 heteroatoms. The molecule has 2 rings (SSSR count). The van der Waals surface area contributed by atoms with E-state index in [4.69, 9.17) is 16.3 Å². The lowest BCUT2D eigenvalue weighted by molar-refractivity contribution is -0.137. The molecule has 1 aromatic heterocycles. The van der Waals surface area contributed by atoms with Crippen molar-refractivity contribution in [3.05, 3.63) is 52.7 Å². The van der Waals surface area contributed by atoms with Crippen LogP contribution in [0.2, 0.25) is 5.02 Å². The van der Waals surface area contributed by atoms with Crippen molar-refractivity contribution in [3.8, 4) is 5.88 Å². The lowest BCUT2D eigenvalue weighted by Crippen LogP contribution is -2.06. The first-order valence-corrected chi connectivity index (χ1v) is 6.38. The molecule has 0 bridgehead atoms. The zero-order valence-corrected chi connectivity index (χ0v) is 11.8. The lowest BCUT2D eigenvalue weighted by atomic mass is 10.2. The van der Waals surface area contributed by atoms with E-state index in [1.54, 1.807) is 18.3 Å². The van der Waals surface area contributed by atoms with Crippen LogP contribution in [0, 0.1) is 0 Å². The molecule has 0 atom stereocenters. The van der Waals surface area contributed by atoms with Crippen molar-refractivity contribution in [2.24, 2.45) is 0 Å². The third-order valence-electron chi connectivity index (χ3n) is 2.81. The highest BCUT2D eigenvalue weighted by molar-refractivity contribution is 6.33. The molecule has 0 spiro atoms. The van der Waals surface area contributed by atoms with Crippen LogP contribution in [0.5, 0.6) is 5.88 Å². The Kier molecular flexibility index (Phi) is 4.57. The first kappa shape index (κ1) is 15.4. The number of halogens is 4. The average molecular weight is 317 g/mol. The van der Waals surface area contributed by atoms with Crippen molar-refractivity contribution >= 4 is 17.3 Å². The summed E-state index contributed by atoms with van der Waals surface area (Å²) in [6.45, 7) is 0.335. The van der Waals surface area contributed by atoms with Gasteiger partial charge in [0.2, 0.25) is 5.88 Å². The molecule has 1 N–H and O–H groups in total. The van der Waals surface area contributed by atoms with E-state index in [2.05, 4.69) is 10.3 Å². The van der Waals surface area contributed by atoms with Gasteiger partial charge in [-0.05, 0) is 24.3 Å². The molecule has 2 aromatic rings. The third kappa shape index (κ3) is 3.78. The molecule has 0 aliphatic rings.